The van der Waals surface area contributed by atoms with E-state index in [1.54, 1.807) is 36.4 Å². The zero-order valence-corrected chi connectivity index (χ0v) is 17.7. The number of nitrogens with zero attached hydrogens (tertiary/aromatic N) is 3. The number of rotatable bonds is 7. The number of halogens is 1. The van der Waals surface area contributed by atoms with E-state index in [1.165, 1.54) is 17.1 Å². The van der Waals surface area contributed by atoms with Crippen LogP contribution in [0.2, 0.25) is 0 Å². The molecule has 2 aromatic carbocycles. The summed E-state index contributed by atoms with van der Waals surface area (Å²) in [6, 6.07) is 13.0. The highest BCUT2D eigenvalue weighted by molar-refractivity contribution is 6.26. The lowest BCUT2D eigenvalue weighted by Crippen LogP contribution is -2.88. The maximum absolute atomic E-state index is 13.1. The van der Waals surface area contributed by atoms with Crippen molar-refractivity contribution in [1.82, 2.24) is 9.91 Å². The van der Waals surface area contributed by atoms with Gasteiger partial charge in [0.25, 0.3) is 0 Å². The summed E-state index contributed by atoms with van der Waals surface area (Å²) in [5.74, 6) is -1.08. The summed E-state index contributed by atoms with van der Waals surface area (Å²) in [5, 5.41) is 13.0. The minimum absolute atomic E-state index is 0.0372. The molecule has 0 radical (unpaired) electrons. The highest BCUT2D eigenvalue weighted by Gasteiger charge is 2.34. The number of Topliss-reactive ketones (excluding diaryl/α,β-unsaturated/α-hetero) is 2. The van der Waals surface area contributed by atoms with Crippen molar-refractivity contribution in [3.8, 4) is 0 Å². The number of anilines is 1. The molecule has 2 aliphatic rings. The van der Waals surface area contributed by atoms with Crippen molar-refractivity contribution >= 4 is 17.3 Å². The van der Waals surface area contributed by atoms with Crippen LogP contribution in [0.15, 0.2) is 59.9 Å². The Hall–Kier alpha value is -3.27. The molecule has 0 amide bonds. The fourth-order valence-corrected chi connectivity index (χ4v) is 4.23. The number of piperazine rings is 1. The Morgan fingerprint density at radius 1 is 0.969 bits per heavy atom. The number of allylic oxidation sites excluding steroid dienone is 2. The second-order valence-corrected chi connectivity index (χ2v) is 7.92. The third kappa shape index (κ3) is 4.36. The topological polar surface area (TPSA) is 110 Å². The molecule has 1 aliphatic carbocycles. The summed E-state index contributed by atoms with van der Waals surface area (Å²) < 4.78 is 13.1. The molecule has 0 bridgehead atoms. The minimum Gasteiger partial charge on any atom is -0.609 e. The van der Waals surface area contributed by atoms with Crippen LogP contribution in [0.5, 0.6) is 0 Å². The van der Waals surface area contributed by atoms with Gasteiger partial charge in [-0.3, -0.25) is 20.1 Å². The lowest BCUT2D eigenvalue weighted by Gasteiger charge is -2.36. The largest absolute Gasteiger partial charge is 0.609 e. The monoisotopic (exact) mass is 439 g/mol. The van der Waals surface area contributed by atoms with Crippen LogP contribution in [-0.4, -0.2) is 60.7 Å². The molecule has 9 heteroatoms. The summed E-state index contributed by atoms with van der Waals surface area (Å²) in [6.07, 6.45) is 0.634. The van der Waals surface area contributed by atoms with E-state index in [4.69, 9.17) is 5.73 Å². The first-order chi connectivity index (χ1) is 15.5. The Bertz CT molecular complexity index is 1030. The van der Waals surface area contributed by atoms with E-state index >= 15 is 0 Å². The van der Waals surface area contributed by atoms with Crippen molar-refractivity contribution in [2.75, 3.05) is 44.2 Å². The molecule has 168 valence electrons. The summed E-state index contributed by atoms with van der Waals surface area (Å²) in [5.41, 5.74) is 7.85. The van der Waals surface area contributed by atoms with Gasteiger partial charge in [-0.05, 0) is 30.7 Å². The summed E-state index contributed by atoms with van der Waals surface area (Å²) in [4.78, 5) is 30.0. The Kier molecular flexibility index (Phi) is 6.50. The molecule has 0 spiro atoms. The number of fused-ring (bicyclic) bond motifs is 1. The van der Waals surface area contributed by atoms with E-state index in [-0.39, 0.29) is 28.3 Å². The van der Waals surface area contributed by atoms with Crippen molar-refractivity contribution in [2.45, 2.75) is 6.42 Å². The highest BCUT2D eigenvalue weighted by atomic mass is 19.1. The fourth-order valence-electron chi connectivity index (χ4n) is 4.23. The number of hydrogen-bond donors (Lipinski definition) is 2. The van der Waals surface area contributed by atoms with Gasteiger partial charge in [0.2, 0.25) is 11.6 Å². The van der Waals surface area contributed by atoms with Gasteiger partial charge in [-0.1, -0.05) is 24.3 Å². The average molecular weight is 439 g/mol. The molecule has 0 saturated carbocycles. The van der Waals surface area contributed by atoms with Crippen LogP contribution in [0.4, 0.5) is 10.1 Å². The maximum atomic E-state index is 13.1. The molecule has 0 unspecified atom stereocenters. The van der Waals surface area contributed by atoms with Gasteiger partial charge in [-0.25, -0.2) is 9.40 Å². The zero-order valence-electron chi connectivity index (χ0n) is 17.7. The molecular formula is C23H26FN5O3. The lowest BCUT2D eigenvalue weighted by atomic mass is 9.90. The summed E-state index contributed by atoms with van der Waals surface area (Å²) in [6.45, 7) is 4.37. The van der Waals surface area contributed by atoms with E-state index in [2.05, 4.69) is 9.80 Å². The number of hydrogen-bond acceptors (Lipinski definition) is 7. The minimum atomic E-state index is -0.432. The molecule has 0 atom stereocenters. The van der Waals surface area contributed by atoms with Gasteiger partial charge in [0.1, 0.15) is 11.5 Å². The Morgan fingerprint density at radius 3 is 2.22 bits per heavy atom. The molecule has 4 N–H and O–H groups in total. The van der Waals surface area contributed by atoms with E-state index in [0.29, 0.717) is 18.6 Å². The molecular weight excluding hydrogens is 413 g/mol. The fraction of sp³-hybridized carbons (Fsp3) is 0.304. The van der Waals surface area contributed by atoms with Crippen molar-refractivity contribution in [2.24, 2.45) is 5.73 Å². The standard InChI is InChI=1S/C23H26FN5O3/c24-16-6-8-17(9-7-16)28-14-12-27(13-15-28)10-3-11-29(26-32)21-20(25)22(30)18-4-1-2-5-19(18)23(21)31/h1-2,4-9H,3,10-15,25-26H2. The van der Waals surface area contributed by atoms with Crippen LogP contribution < -0.4 is 16.2 Å². The molecule has 2 aromatic rings. The number of quaternary nitrogens is 1. The van der Waals surface area contributed by atoms with Crippen LogP contribution in [0.1, 0.15) is 27.1 Å². The second kappa shape index (κ2) is 9.47. The predicted octanol–water partition coefficient (Wildman–Crippen LogP) is 0.866. The first kappa shape index (κ1) is 21.9. The van der Waals surface area contributed by atoms with Crippen LogP contribution in [0, 0.1) is 11.0 Å². The molecule has 1 fully saturated rings. The number of carbonyl (C=O) groups is 2. The Labute approximate surface area is 185 Å². The highest BCUT2D eigenvalue weighted by Crippen LogP contribution is 2.25. The van der Waals surface area contributed by atoms with Gasteiger partial charge >= 0.3 is 0 Å². The summed E-state index contributed by atoms with van der Waals surface area (Å²) >= 11 is 0. The molecule has 0 aromatic heterocycles. The van der Waals surface area contributed by atoms with Crippen molar-refractivity contribution < 1.29 is 19.6 Å². The molecule has 4 rings (SSSR count). The van der Waals surface area contributed by atoms with Gasteiger partial charge in [0.15, 0.2) is 5.70 Å². The molecule has 1 saturated heterocycles. The van der Waals surface area contributed by atoms with Gasteiger partial charge in [-0.2, -0.15) is 0 Å². The van der Waals surface area contributed by atoms with E-state index in [1.807, 2.05) is 0 Å². The number of benzene rings is 2. The average Bonchev–Trinajstić information content (AvgIpc) is 2.82. The van der Waals surface area contributed by atoms with Crippen LogP contribution in [-0.2, 0) is 0 Å². The van der Waals surface area contributed by atoms with E-state index in [0.717, 1.165) is 38.4 Å². The number of carbonyl (C=O) groups excluding carboxylic acids is 2. The number of ketones is 2. The third-order valence-electron chi connectivity index (χ3n) is 5.98. The molecule has 8 nitrogen and oxygen atoms in total. The van der Waals surface area contributed by atoms with E-state index in [9.17, 15) is 19.2 Å². The first-order valence-electron chi connectivity index (χ1n) is 10.6. The first-order valence-corrected chi connectivity index (χ1v) is 10.6. The number of nitrogens with two attached hydrogens (primary N) is 2. The normalized spacial score (nSPS) is 17.0. The van der Waals surface area contributed by atoms with E-state index < -0.39 is 11.6 Å². The quantitative estimate of drug-likeness (QED) is 0.487. The summed E-state index contributed by atoms with van der Waals surface area (Å²) in [7, 11) is 0. The molecule has 1 aliphatic heterocycles. The molecule has 1 heterocycles. The van der Waals surface area contributed by atoms with Crippen LogP contribution >= 0.6 is 0 Å². The maximum Gasteiger partial charge on any atom is 0.217 e. The second-order valence-electron chi connectivity index (χ2n) is 7.92. The van der Waals surface area contributed by atoms with Gasteiger partial charge < -0.3 is 15.8 Å². The smallest absolute Gasteiger partial charge is 0.217 e. The van der Waals surface area contributed by atoms with Gasteiger partial charge in [0.05, 0.1) is 6.54 Å². The zero-order chi connectivity index (χ0) is 22.7. The Balaban J connectivity index is 1.33. The van der Waals surface area contributed by atoms with Crippen LogP contribution in [0.3, 0.4) is 0 Å². The van der Waals surface area contributed by atoms with Crippen LogP contribution in [0.25, 0.3) is 0 Å². The lowest BCUT2D eigenvalue weighted by molar-refractivity contribution is -0.741. The SMILES string of the molecule is NC1=C(N(CCCN2CCN(c3ccc(F)cc3)CC2)[NH2+][O-])C(=O)c2ccccc2C1=O. The van der Waals surface area contributed by atoms with Crippen molar-refractivity contribution in [1.29, 1.82) is 0 Å². The predicted molar refractivity (Wildman–Crippen MR) is 118 cm³/mol. The van der Waals surface area contributed by atoms with Crippen molar-refractivity contribution in [3.05, 3.63) is 82.1 Å². The third-order valence-corrected chi connectivity index (χ3v) is 5.98. The van der Waals surface area contributed by atoms with Crippen molar-refractivity contribution in [3.63, 3.8) is 0 Å². The van der Waals surface area contributed by atoms with Gasteiger partial charge in [0, 0.05) is 49.5 Å². The Morgan fingerprint density at radius 2 is 1.59 bits per heavy atom. The molecule has 32 heavy (non-hydrogen) atoms. The van der Waals surface area contributed by atoms with Gasteiger partial charge in [-0.15, -0.1) is 0 Å².